The number of likely N-dealkylation sites (tertiary alicyclic amines) is 1. The number of thioether (sulfide) groups is 1. The minimum atomic E-state index is 0.545. The smallest absolute Gasteiger partial charge is 0.191 e. The third kappa shape index (κ3) is 7.20. The highest BCUT2D eigenvalue weighted by Crippen LogP contribution is 2.11. The molecule has 2 N–H and O–H groups in total. The molecule has 5 heteroatoms. The molecule has 0 aromatic heterocycles. The molecule has 1 fully saturated rings. The van der Waals surface area contributed by atoms with Crippen LogP contribution in [0.2, 0.25) is 0 Å². The molecule has 1 rings (SSSR count). The molecule has 116 valence electrons. The van der Waals surface area contributed by atoms with Gasteiger partial charge in [-0.2, -0.15) is 11.8 Å². The van der Waals surface area contributed by atoms with Gasteiger partial charge in [0.15, 0.2) is 5.96 Å². The first kappa shape index (κ1) is 17.4. The van der Waals surface area contributed by atoms with Crippen molar-refractivity contribution in [3.05, 3.63) is 12.2 Å². The summed E-state index contributed by atoms with van der Waals surface area (Å²) in [6.45, 7) is 10.4. The van der Waals surface area contributed by atoms with Crippen LogP contribution in [0.1, 0.15) is 26.2 Å². The summed E-state index contributed by atoms with van der Waals surface area (Å²) in [5, 5.41) is 6.93. The lowest BCUT2D eigenvalue weighted by Crippen LogP contribution is -2.49. The van der Waals surface area contributed by atoms with Crippen molar-refractivity contribution in [3.63, 3.8) is 0 Å². The molecule has 20 heavy (non-hydrogen) atoms. The Morgan fingerprint density at radius 1 is 1.40 bits per heavy atom. The van der Waals surface area contributed by atoms with Crippen LogP contribution >= 0.6 is 11.8 Å². The van der Waals surface area contributed by atoms with Gasteiger partial charge in [-0.05, 0) is 38.2 Å². The van der Waals surface area contributed by atoms with Crippen molar-refractivity contribution < 1.29 is 0 Å². The summed E-state index contributed by atoms with van der Waals surface area (Å²) in [5.41, 5.74) is 1.25. The Hall–Kier alpha value is -0.680. The van der Waals surface area contributed by atoms with Crippen LogP contribution in [0.5, 0.6) is 0 Å². The highest BCUT2D eigenvalue weighted by molar-refractivity contribution is 7.98. The van der Waals surface area contributed by atoms with Crippen molar-refractivity contribution in [2.24, 2.45) is 4.99 Å². The molecule has 0 radical (unpaired) electrons. The molecule has 0 amide bonds. The average Bonchev–Trinajstić information content (AvgIpc) is 2.43. The van der Waals surface area contributed by atoms with E-state index in [0.717, 1.165) is 32.1 Å². The van der Waals surface area contributed by atoms with E-state index in [2.05, 4.69) is 40.3 Å². The van der Waals surface area contributed by atoms with Gasteiger partial charge in [0.2, 0.25) is 0 Å². The number of guanidine groups is 1. The van der Waals surface area contributed by atoms with Crippen molar-refractivity contribution in [1.29, 1.82) is 0 Å². The van der Waals surface area contributed by atoms with Crippen LogP contribution in [0.3, 0.4) is 0 Å². The molecule has 4 nitrogen and oxygen atoms in total. The maximum atomic E-state index is 4.31. The molecular formula is C15H30N4S. The highest BCUT2D eigenvalue weighted by Gasteiger charge is 2.19. The zero-order chi connectivity index (χ0) is 14.8. The van der Waals surface area contributed by atoms with Gasteiger partial charge in [-0.15, -0.1) is 0 Å². The molecule has 0 spiro atoms. The second-order valence-electron chi connectivity index (χ2n) is 5.50. The number of aliphatic imine (C=N–C) groups is 1. The van der Waals surface area contributed by atoms with Crippen molar-refractivity contribution in [2.45, 2.75) is 32.2 Å². The second-order valence-corrected chi connectivity index (χ2v) is 6.48. The average molecular weight is 299 g/mol. The van der Waals surface area contributed by atoms with Crippen molar-refractivity contribution >= 4 is 17.7 Å². The van der Waals surface area contributed by atoms with Gasteiger partial charge in [-0.25, -0.2) is 0 Å². The van der Waals surface area contributed by atoms with Gasteiger partial charge in [0, 0.05) is 39.3 Å². The molecule has 0 unspecified atom stereocenters. The van der Waals surface area contributed by atoms with Crippen LogP contribution in [0.4, 0.5) is 0 Å². The zero-order valence-corrected chi connectivity index (χ0v) is 14.1. The second kappa shape index (κ2) is 10.1. The number of rotatable bonds is 7. The monoisotopic (exact) mass is 298 g/mol. The summed E-state index contributed by atoms with van der Waals surface area (Å²) in [7, 11) is 1.85. The van der Waals surface area contributed by atoms with E-state index in [-0.39, 0.29) is 0 Å². The largest absolute Gasteiger partial charge is 0.356 e. The minimum absolute atomic E-state index is 0.545. The first-order chi connectivity index (χ1) is 9.65. The summed E-state index contributed by atoms with van der Waals surface area (Å²) in [4.78, 5) is 6.79. The third-order valence-electron chi connectivity index (χ3n) is 3.46. The number of nitrogens with one attached hydrogen (secondary N) is 2. The molecule has 0 saturated carbocycles. The fourth-order valence-corrected chi connectivity index (χ4v) is 2.86. The van der Waals surface area contributed by atoms with Gasteiger partial charge >= 0.3 is 0 Å². The summed E-state index contributed by atoms with van der Waals surface area (Å²) in [6, 6.07) is 0.545. The fourth-order valence-electron chi connectivity index (χ4n) is 2.43. The van der Waals surface area contributed by atoms with E-state index in [1.54, 1.807) is 0 Å². The van der Waals surface area contributed by atoms with Crippen molar-refractivity contribution in [3.8, 4) is 0 Å². The number of piperidine rings is 1. The molecule has 0 aromatic carbocycles. The van der Waals surface area contributed by atoms with E-state index in [0.29, 0.717) is 6.04 Å². The molecule has 1 aliphatic heterocycles. The summed E-state index contributed by atoms with van der Waals surface area (Å²) in [5.74, 6) is 2.15. The van der Waals surface area contributed by atoms with Gasteiger partial charge in [0.05, 0.1) is 0 Å². The Kier molecular flexibility index (Phi) is 8.78. The number of nitrogens with zero attached hydrogens (tertiary/aromatic N) is 2. The van der Waals surface area contributed by atoms with Crippen LogP contribution in [0.25, 0.3) is 0 Å². The lowest BCUT2D eigenvalue weighted by molar-refractivity contribution is 0.221. The van der Waals surface area contributed by atoms with Crippen LogP contribution in [0, 0.1) is 0 Å². The molecule has 1 aliphatic rings. The molecule has 0 atom stereocenters. The summed E-state index contributed by atoms with van der Waals surface area (Å²) >= 11 is 1.89. The number of hydrogen-bond acceptors (Lipinski definition) is 3. The van der Waals surface area contributed by atoms with E-state index < -0.39 is 0 Å². The van der Waals surface area contributed by atoms with Crippen molar-refractivity contribution in [1.82, 2.24) is 15.5 Å². The Balaban J connectivity index is 2.22. The Morgan fingerprint density at radius 2 is 2.10 bits per heavy atom. The molecule has 0 bridgehead atoms. The minimum Gasteiger partial charge on any atom is -0.356 e. The van der Waals surface area contributed by atoms with Crippen LogP contribution in [-0.4, -0.2) is 62.1 Å². The molecule has 0 aromatic rings. The quantitative estimate of drug-likeness (QED) is 0.326. The third-order valence-corrected chi connectivity index (χ3v) is 4.16. The van der Waals surface area contributed by atoms with Gasteiger partial charge in [-0.3, -0.25) is 9.89 Å². The van der Waals surface area contributed by atoms with Crippen LogP contribution in [0.15, 0.2) is 17.1 Å². The fraction of sp³-hybridized carbons (Fsp3) is 0.800. The van der Waals surface area contributed by atoms with E-state index >= 15 is 0 Å². The van der Waals surface area contributed by atoms with Gasteiger partial charge < -0.3 is 10.6 Å². The van der Waals surface area contributed by atoms with Gasteiger partial charge in [0.25, 0.3) is 0 Å². The summed E-state index contributed by atoms with van der Waals surface area (Å²) in [6.07, 6.45) is 5.68. The van der Waals surface area contributed by atoms with Gasteiger partial charge in [0.1, 0.15) is 0 Å². The molecular weight excluding hydrogens is 268 g/mol. The molecule has 0 aliphatic carbocycles. The normalized spacial score (nSPS) is 18.1. The SMILES string of the molecule is C=C(C)CN1CCC(NC(=NC)NCCCSC)CC1. The van der Waals surface area contributed by atoms with E-state index in [4.69, 9.17) is 0 Å². The van der Waals surface area contributed by atoms with Crippen LogP contribution in [-0.2, 0) is 0 Å². The maximum Gasteiger partial charge on any atom is 0.191 e. The summed E-state index contributed by atoms with van der Waals surface area (Å²) < 4.78 is 0. The maximum absolute atomic E-state index is 4.31. The lowest BCUT2D eigenvalue weighted by atomic mass is 10.0. The van der Waals surface area contributed by atoms with E-state index in [1.165, 1.54) is 30.6 Å². The van der Waals surface area contributed by atoms with E-state index in [9.17, 15) is 0 Å². The van der Waals surface area contributed by atoms with Gasteiger partial charge in [-0.1, -0.05) is 12.2 Å². The Labute approximate surface area is 128 Å². The lowest BCUT2D eigenvalue weighted by Gasteiger charge is -2.33. The van der Waals surface area contributed by atoms with Crippen molar-refractivity contribution in [2.75, 3.05) is 45.2 Å². The Bertz CT molecular complexity index is 309. The number of hydrogen-bond donors (Lipinski definition) is 2. The predicted molar refractivity (Wildman–Crippen MR) is 91.8 cm³/mol. The first-order valence-electron chi connectivity index (χ1n) is 7.48. The predicted octanol–water partition coefficient (Wildman–Crippen LogP) is 1.94. The topological polar surface area (TPSA) is 39.7 Å². The molecule has 1 heterocycles. The van der Waals surface area contributed by atoms with Crippen LogP contribution < -0.4 is 10.6 Å². The van der Waals surface area contributed by atoms with E-state index in [1.807, 2.05) is 18.8 Å². The Morgan fingerprint density at radius 3 is 2.65 bits per heavy atom. The molecule has 1 saturated heterocycles. The first-order valence-corrected chi connectivity index (χ1v) is 8.88. The standard InChI is InChI=1S/C15H30N4S/c1-13(2)12-19-9-6-14(7-10-19)18-15(16-3)17-8-5-11-20-4/h14H,1,5-12H2,2-4H3,(H2,16,17,18). The highest BCUT2D eigenvalue weighted by atomic mass is 32.2. The zero-order valence-electron chi connectivity index (χ0n) is 13.2.